The zero-order chi connectivity index (χ0) is 17.0. The number of aromatic nitrogens is 1. The largest absolute Gasteiger partial charge is 0.441 e. The predicted octanol–water partition coefficient (Wildman–Crippen LogP) is 2.42. The number of fused-ring (bicyclic) bond motifs is 1. The highest BCUT2D eigenvalue weighted by Gasteiger charge is 2.16. The van der Waals surface area contributed by atoms with Gasteiger partial charge in [0.15, 0.2) is 11.5 Å². The van der Waals surface area contributed by atoms with Crippen LogP contribution in [0.1, 0.15) is 26.7 Å². The number of oxazole rings is 1. The molecule has 0 unspecified atom stereocenters. The second kappa shape index (κ2) is 7.13. The second-order valence-electron chi connectivity index (χ2n) is 5.87. The number of aryl methyl sites for hydroxylation is 1. The van der Waals surface area contributed by atoms with E-state index in [4.69, 9.17) is 4.42 Å². The molecule has 1 aromatic heterocycles. The summed E-state index contributed by atoms with van der Waals surface area (Å²) in [6, 6.07) is 4.34. The number of carbonyl (C=O) groups is 2. The first kappa shape index (κ1) is 16.8. The maximum Gasteiger partial charge on any atom is 0.321 e. The van der Waals surface area contributed by atoms with E-state index in [1.807, 2.05) is 13.8 Å². The van der Waals surface area contributed by atoms with Crippen LogP contribution in [0.4, 0.5) is 10.5 Å². The van der Waals surface area contributed by atoms with Gasteiger partial charge in [-0.3, -0.25) is 10.1 Å². The number of carbonyl (C=O) groups excluding carboxylic acids is 2. The maximum atomic E-state index is 12.0. The maximum absolute atomic E-state index is 12.0. The van der Waals surface area contributed by atoms with Crippen molar-refractivity contribution >= 4 is 28.7 Å². The molecule has 0 radical (unpaired) electrons. The van der Waals surface area contributed by atoms with Gasteiger partial charge in [0.05, 0.1) is 0 Å². The van der Waals surface area contributed by atoms with Crippen molar-refractivity contribution < 1.29 is 14.0 Å². The molecule has 0 saturated heterocycles. The summed E-state index contributed by atoms with van der Waals surface area (Å²) in [4.78, 5) is 27.8. The molecule has 0 bridgehead atoms. The van der Waals surface area contributed by atoms with Gasteiger partial charge in [0.1, 0.15) is 11.6 Å². The summed E-state index contributed by atoms with van der Waals surface area (Å²) < 4.78 is 5.40. The van der Waals surface area contributed by atoms with Gasteiger partial charge in [-0.1, -0.05) is 13.8 Å². The third kappa shape index (κ3) is 4.70. The van der Waals surface area contributed by atoms with Gasteiger partial charge < -0.3 is 15.1 Å². The van der Waals surface area contributed by atoms with Crippen LogP contribution in [0.3, 0.4) is 0 Å². The number of amides is 3. The number of anilines is 1. The Kier molecular flexibility index (Phi) is 5.20. The molecule has 0 saturated carbocycles. The summed E-state index contributed by atoms with van der Waals surface area (Å²) in [6.07, 6.45) is 0. The van der Waals surface area contributed by atoms with Crippen molar-refractivity contribution in [3.05, 3.63) is 24.1 Å². The van der Waals surface area contributed by atoms with Crippen LogP contribution in [0.5, 0.6) is 0 Å². The Labute approximate surface area is 134 Å². The van der Waals surface area contributed by atoms with E-state index < -0.39 is 18.0 Å². The fraction of sp³-hybridized carbons (Fsp3) is 0.438. The number of nitrogens with one attached hydrogen (secondary N) is 3. The Morgan fingerprint density at radius 3 is 2.70 bits per heavy atom. The van der Waals surface area contributed by atoms with E-state index in [0.29, 0.717) is 23.9 Å². The molecule has 0 spiro atoms. The lowest BCUT2D eigenvalue weighted by Crippen LogP contribution is -2.46. The number of imide groups is 1. The van der Waals surface area contributed by atoms with E-state index >= 15 is 0 Å². The van der Waals surface area contributed by atoms with Crippen molar-refractivity contribution in [3.63, 3.8) is 0 Å². The quantitative estimate of drug-likeness (QED) is 0.787. The van der Waals surface area contributed by atoms with Gasteiger partial charge in [-0.25, -0.2) is 9.78 Å². The number of nitrogens with zero attached hydrogens (tertiary/aromatic N) is 1. The Morgan fingerprint density at radius 2 is 2.00 bits per heavy atom. The van der Waals surface area contributed by atoms with Gasteiger partial charge in [0, 0.05) is 19.2 Å². The number of urea groups is 1. The Balaban J connectivity index is 1.92. The number of hydrogen-bond donors (Lipinski definition) is 3. The van der Waals surface area contributed by atoms with Gasteiger partial charge in [-0.2, -0.15) is 0 Å². The highest BCUT2D eigenvalue weighted by Crippen LogP contribution is 2.20. The summed E-state index contributed by atoms with van der Waals surface area (Å²) in [7, 11) is 0. The lowest BCUT2D eigenvalue weighted by Gasteiger charge is -2.15. The highest BCUT2D eigenvalue weighted by molar-refractivity contribution is 5.98. The van der Waals surface area contributed by atoms with E-state index in [9.17, 15) is 9.59 Å². The molecule has 2 aromatic rings. The van der Waals surface area contributed by atoms with Crippen molar-refractivity contribution in [2.24, 2.45) is 5.92 Å². The zero-order valence-electron chi connectivity index (χ0n) is 13.8. The van der Waals surface area contributed by atoms with Crippen LogP contribution in [0.15, 0.2) is 22.6 Å². The fourth-order valence-corrected chi connectivity index (χ4v) is 2.01. The van der Waals surface area contributed by atoms with Crippen LogP contribution in [0.2, 0.25) is 0 Å². The normalized spacial score (nSPS) is 12.2. The molecule has 23 heavy (non-hydrogen) atoms. The molecule has 7 nitrogen and oxygen atoms in total. The summed E-state index contributed by atoms with van der Waals surface area (Å²) >= 11 is 0. The van der Waals surface area contributed by atoms with Crippen LogP contribution in [-0.2, 0) is 4.79 Å². The molecule has 1 atom stereocenters. The first-order valence-electron chi connectivity index (χ1n) is 7.57. The Morgan fingerprint density at radius 1 is 1.26 bits per heavy atom. The van der Waals surface area contributed by atoms with Gasteiger partial charge in [0.2, 0.25) is 5.91 Å². The summed E-state index contributed by atoms with van der Waals surface area (Å²) in [5.41, 5.74) is 2.14. The Hall–Kier alpha value is -2.57. The molecule has 0 fully saturated rings. The van der Waals surface area contributed by atoms with Crippen LogP contribution in [-0.4, -0.2) is 29.5 Å². The lowest BCUT2D eigenvalue weighted by atomic mass is 10.2. The van der Waals surface area contributed by atoms with Gasteiger partial charge in [-0.05, 0) is 31.0 Å². The molecule has 0 aliphatic rings. The second-order valence-corrected chi connectivity index (χ2v) is 5.87. The first-order valence-corrected chi connectivity index (χ1v) is 7.57. The third-order valence-electron chi connectivity index (χ3n) is 3.18. The van der Waals surface area contributed by atoms with Crippen molar-refractivity contribution in [1.82, 2.24) is 15.6 Å². The number of rotatable bonds is 5. The minimum atomic E-state index is -0.565. The average molecular weight is 318 g/mol. The lowest BCUT2D eigenvalue weighted by molar-refractivity contribution is -0.120. The number of benzene rings is 1. The van der Waals surface area contributed by atoms with Crippen LogP contribution in [0.25, 0.3) is 11.1 Å². The van der Waals surface area contributed by atoms with E-state index in [0.717, 1.165) is 11.2 Å². The minimum Gasteiger partial charge on any atom is -0.441 e. The molecule has 7 heteroatoms. The van der Waals surface area contributed by atoms with Crippen LogP contribution in [0, 0.1) is 12.8 Å². The molecule has 0 aliphatic heterocycles. The van der Waals surface area contributed by atoms with Crippen molar-refractivity contribution in [2.45, 2.75) is 33.7 Å². The molecule has 1 heterocycles. The van der Waals surface area contributed by atoms with E-state index in [1.54, 1.807) is 32.0 Å². The molecular formula is C16H22N4O3. The molecule has 3 amide bonds. The standard InChI is InChI=1S/C16H22N4O3/c1-9(2)8-17-16(22)20-15(21)10(3)18-12-5-6-14-13(7-12)19-11(4)23-14/h5-7,9-10,18H,8H2,1-4H3,(H2,17,20,21,22)/t10-/m0/s1. The number of hydrogen-bond acceptors (Lipinski definition) is 5. The van der Waals surface area contributed by atoms with Crippen molar-refractivity contribution in [1.29, 1.82) is 0 Å². The van der Waals surface area contributed by atoms with Gasteiger partial charge >= 0.3 is 6.03 Å². The minimum absolute atomic E-state index is 0.323. The Bertz CT molecular complexity index is 708. The molecule has 0 aliphatic carbocycles. The average Bonchev–Trinajstić information content (AvgIpc) is 2.84. The van der Waals surface area contributed by atoms with Gasteiger partial charge in [0.25, 0.3) is 0 Å². The van der Waals surface area contributed by atoms with Crippen molar-refractivity contribution in [3.8, 4) is 0 Å². The molecule has 3 N–H and O–H groups in total. The smallest absolute Gasteiger partial charge is 0.321 e. The van der Waals surface area contributed by atoms with E-state index in [-0.39, 0.29) is 0 Å². The molecule has 2 rings (SSSR count). The van der Waals surface area contributed by atoms with Gasteiger partial charge in [-0.15, -0.1) is 0 Å². The first-order chi connectivity index (χ1) is 10.8. The zero-order valence-corrected chi connectivity index (χ0v) is 13.8. The van der Waals surface area contributed by atoms with Crippen LogP contribution >= 0.6 is 0 Å². The third-order valence-corrected chi connectivity index (χ3v) is 3.18. The van der Waals surface area contributed by atoms with Crippen molar-refractivity contribution in [2.75, 3.05) is 11.9 Å². The molecular weight excluding hydrogens is 296 g/mol. The SMILES string of the molecule is Cc1nc2cc(N[C@@H](C)C(=O)NC(=O)NCC(C)C)ccc2o1. The molecule has 1 aromatic carbocycles. The summed E-state index contributed by atoms with van der Waals surface area (Å²) in [5.74, 6) is 0.511. The fourth-order valence-electron chi connectivity index (χ4n) is 2.01. The van der Waals surface area contributed by atoms with E-state index in [1.165, 1.54) is 0 Å². The molecule has 124 valence electrons. The summed E-state index contributed by atoms with van der Waals surface area (Å²) in [6.45, 7) is 7.94. The monoisotopic (exact) mass is 318 g/mol. The predicted molar refractivity (Wildman–Crippen MR) is 88.2 cm³/mol. The topological polar surface area (TPSA) is 96.3 Å². The van der Waals surface area contributed by atoms with E-state index in [2.05, 4.69) is 20.9 Å². The van der Waals surface area contributed by atoms with Crippen LogP contribution < -0.4 is 16.0 Å². The summed E-state index contributed by atoms with van der Waals surface area (Å²) in [5, 5.41) is 7.99. The highest BCUT2D eigenvalue weighted by atomic mass is 16.3.